The highest BCUT2D eigenvalue weighted by molar-refractivity contribution is 7.89. The molecule has 5 nitrogen and oxygen atoms in total. The van der Waals surface area contributed by atoms with E-state index in [4.69, 9.17) is 4.74 Å². The summed E-state index contributed by atoms with van der Waals surface area (Å²) < 4.78 is 31.6. The quantitative estimate of drug-likeness (QED) is 0.868. The topological polar surface area (TPSA) is 66.8 Å². The van der Waals surface area contributed by atoms with Gasteiger partial charge in [-0.05, 0) is 50.5 Å². The van der Waals surface area contributed by atoms with Gasteiger partial charge in [0.05, 0.1) is 18.1 Å². The molecule has 6 heteroatoms. The van der Waals surface area contributed by atoms with Crippen LogP contribution in [0.5, 0.6) is 5.75 Å². The number of benzene rings is 1. The van der Waals surface area contributed by atoms with Gasteiger partial charge in [0, 0.05) is 13.6 Å². The van der Waals surface area contributed by atoms with Gasteiger partial charge in [0.25, 0.3) is 0 Å². The van der Waals surface area contributed by atoms with E-state index in [1.54, 1.807) is 40.0 Å². The van der Waals surface area contributed by atoms with E-state index in [1.807, 2.05) is 0 Å². The number of aliphatic hydroxyl groups excluding tert-OH is 1. The first-order valence-corrected chi connectivity index (χ1v) is 7.93. The maximum absolute atomic E-state index is 12.6. The maximum atomic E-state index is 12.6. The molecule has 20 heavy (non-hydrogen) atoms. The Kier molecular flexibility index (Phi) is 5.56. The van der Waals surface area contributed by atoms with E-state index in [-0.39, 0.29) is 6.54 Å². The zero-order valence-electron chi connectivity index (χ0n) is 12.7. The molecule has 0 saturated heterocycles. The third-order valence-corrected chi connectivity index (χ3v) is 5.36. The van der Waals surface area contributed by atoms with E-state index in [1.165, 1.54) is 11.4 Å². The number of rotatable bonds is 6. The summed E-state index contributed by atoms with van der Waals surface area (Å²) in [6.07, 6.45) is -0.116. The van der Waals surface area contributed by atoms with Crippen LogP contribution in [0.15, 0.2) is 17.0 Å². The van der Waals surface area contributed by atoms with Gasteiger partial charge in [0.2, 0.25) is 10.0 Å². The molecule has 0 radical (unpaired) electrons. The van der Waals surface area contributed by atoms with Crippen molar-refractivity contribution in [3.8, 4) is 5.75 Å². The standard InChI is InChI=1S/C14H23NO4S/c1-10-8-13(19-5)9-11(2)14(10)20(17,18)15(4)7-6-12(3)16/h8-9,12,16H,6-7H2,1-5H3. The molecule has 1 atom stereocenters. The monoisotopic (exact) mass is 301 g/mol. The molecule has 114 valence electrons. The molecular formula is C14H23NO4S. The number of hydrogen-bond acceptors (Lipinski definition) is 4. The van der Waals surface area contributed by atoms with Crippen molar-refractivity contribution < 1.29 is 18.3 Å². The van der Waals surface area contributed by atoms with Crippen molar-refractivity contribution >= 4 is 10.0 Å². The molecule has 1 aromatic rings. The van der Waals surface area contributed by atoms with Gasteiger partial charge in [0.1, 0.15) is 5.75 Å². The lowest BCUT2D eigenvalue weighted by atomic mass is 10.1. The first-order valence-electron chi connectivity index (χ1n) is 6.49. The van der Waals surface area contributed by atoms with Crippen molar-refractivity contribution in [3.05, 3.63) is 23.3 Å². The molecule has 0 spiro atoms. The van der Waals surface area contributed by atoms with Crippen LogP contribution in [0.3, 0.4) is 0 Å². The fraction of sp³-hybridized carbons (Fsp3) is 0.571. The molecule has 1 aromatic carbocycles. The van der Waals surface area contributed by atoms with Gasteiger partial charge >= 0.3 is 0 Å². The summed E-state index contributed by atoms with van der Waals surface area (Å²) in [4.78, 5) is 0.311. The SMILES string of the molecule is COc1cc(C)c(S(=O)(=O)N(C)CCC(C)O)c(C)c1. The molecule has 0 fully saturated rings. The predicted molar refractivity (Wildman–Crippen MR) is 78.6 cm³/mol. The lowest BCUT2D eigenvalue weighted by Crippen LogP contribution is -2.30. The lowest BCUT2D eigenvalue weighted by Gasteiger charge is -2.21. The number of sulfonamides is 1. The average Bonchev–Trinajstić information content (AvgIpc) is 2.34. The smallest absolute Gasteiger partial charge is 0.243 e. The number of ether oxygens (including phenoxy) is 1. The fourth-order valence-corrected chi connectivity index (χ4v) is 3.67. The Balaban J connectivity index is 3.15. The van der Waals surface area contributed by atoms with Crippen molar-refractivity contribution in [2.75, 3.05) is 20.7 Å². The lowest BCUT2D eigenvalue weighted by molar-refractivity contribution is 0.177. The normalized spacial score (nSPS) is 13.6. The van der Waals surface area contributed by atoms with Crippen molar-refractivity contribution in [2.45, 2.75) is 38.2 Å². The molecule has 0 aliphatic rings. The Morgan fingerprint density at radius 3 is 2.20 bits per heavy atom. The molecule has 1 N–H and O–H groups in total. The number of hydrogen-bond donors (Lipinski definition) is 1. The van der Waals surface area contributed by atoms with E-state index < -0.39 is 16.1 Å². The second kappa shape index (κ2) is 6.56. The van der Waals surface area contributed by atoms with E-state index in [9.17, 15) is 13.5 Å². The third kappa shape index (κ3) is 3.71. The average molecular weight is 301 g/mol. The van der Waals surface area contributed by atoms with Crippen molar-refractivity contribution in [1.82, 2.24) is 4.31 Å². The molecule has 0 bridgehead atoms. The van der Waals surface area contributed by atoms with Crippen LogP contribution in [-0.2, 0) is 10.0 Å². The van der Waals surface area contributed by atoms with E-state index in [2.05, 4.69) is 0 Å². The second-order valence-electron chi connectivity index (χ2n) is 5.05. The summed E-state index contributed by atoms with van der Waals surface area (Å²) in [6, 6.07) is 3.42. The highest BCUT2D eigenvalue weighted by Gasteiger charge is 2.25. The Morgan fingerprint density at radius 2 is 1.80 bits per heavy atom. The number of nitrogens with zero attached hydrogens (tertiary/aromatic N) is 1. The predicted octanol–water partition coefficient (Wildman–Crippen LogP) is 1.70. The van der Waals surface area contributed by atoms with Crippen molar-refractivity contribution in [3.63, 3.8) is 0 Å². The van der Waals surface area contributed by atoms with Crippen LogP contribution in [0.2, 0.25) is 0 Å². The summed E-state index contributed by atoms with van der Waals surface area (Å²) in [5, 5.41) is 9.28. The van der Waals surface area contributed by atoms with Gasteiger partial charge in [-0.1, -0.05) is 0 Å². The van der Waals surface area contributed by atoms with Crippen LogP contribution in [0.4, 0.5) is 0 Å². The van der Waals surface area contributed by atoms with Gasteiger partial charge < -0.3 is 9.84 Å². The zero-order chi connectivity index (χ0) is 15.5. The summed E-state index contributed by atoms with van der Waals surface area (Å²) >= 11 is 0. The van der Waals surface area contributed by atoms with E-state index in [0.717, 1.165) is 0 Å². The van der Waals surface area contributed by atoms with Crippen molar-refractivity contribution in [1.29, 1.82) is 0 Å². The van der Waals surface area contributed by atoms with Gasteiger partial charge in [-0.15, -0.1) is 0 Å². The van der Waals surface area contributed by atoms with Crippen LogP contribution >= 0.6 is 0 Å². The highest BCUT2D eigenvalue weighted by atomic mass is 32.2. The molecular weight excluding hydrogens is 278 g/mol. The zero-order valence-corrected chi connectivity index (χ0v) is 13.5. The highest BCUT2D eigenvalue weighted by Crippen LogP contribution is 2.27. The summed E-state index contributed by atoms with van der Waals surface area (Å²) in [5.74, 6) is 0.644. The molecule has 0 amide bonds. The molecule has 0 aliphatic carbocycles. The number of aliphatic hydroxyl groups is 1. The van der Waals surface area contributed by atoms with Gasteiger partial charge in [0.15, 0.2) is 0 Å². The van der Waals surface area contributed by atoms with Crippen LogP contribution in [0.1, 0.15) is 24.5 Å². The largest absolute Gasteiger partial charge is 0.497 e. The first-order chi connectivity index (χ1) is 9.20. The van der Waals surface area contributed by atoms with E-state index in [0.29, 0.717) is 28.2 Å². The van der Waals surface area contributed by atoms with E-state index >= 15 is 0 Å². The minimum atomic E-state index is -3.55. The molecule has 1 rings (SSSR count). The maximum Gasteiger partial charge on any atom is 0.243 e. The van der Waals surface area contributed by atoms with Gasteiger partial charge in [-0.3, -0.25) is 0 Å². The third-order valence-electron chi connectivity index (χ3n) is 3.20. The molecule has 0 saturated carbocycles. The number of methoxy groups -OCH3 is 1. The molecule has 0 aliphatic heterocycles. The Morgan fingerprint density at radius 1 is 1.30 bits per heavy atom. The first kappa shape index (κ1) is 16.9. The second-order valence-corrected chi connectivity index (χ2v) is 7.04. The van der Waals surface area contributed by atoms with Gasteiger partial charge in [-0.2, -0.15) is 0 Å². The van der Waals surface area contributed by atoms with Crippen LogP contribution < -0.4 is 4.74 Å². The summed E-state index contributed by atoms with van der Waals surface area (Å²) in [5.41, 5.74) is 1.32. The Labute approximate surface area is 121 Å². The minimum Gasteiger partial charge on any atom is -0.497 e. The molecule has 0 aromatic heterocycles. The van der Waals surface area contributed by atoms with Crippen LogP contribution in [0, 0.1) is 13.8 Å². The molecule has 1 unspecified atom stereocenters. The minimum absolute atomic E-state index is 0.283. The summed E-state index contributed by atoms with van der Waals surface area (Å²) in [7, 11) is -0.473. The summed E-state index contributed by atoms with van der Waals surface area (Å²) in [6.45, 7) is 5.44. The molecule has 0 heterocycles. The Hall–Kier alpha value is -1.11. The van der Waals surface area contributed by atoms with Crippen LogP contribution in [0.25, 0.3) is 0 Å². The number of aryl methyl sites for hydroxylation is 2. The Bertz CT molecular complexity index is 544. The van der Waals surface area contributed by atoms with Gasteiger partial charge in [-0.25, -0.2) is 12.7 Å². The van der Waals surface area contributed by atoms with Crippen LogP contribution in [-0.4, -0.2) is 44.6 Å². The fourth-order valence-electron chi connectivity index (χ4n) is 2.08. The van der Waals surface area contributed by atoms with Crippen molar-refractivity contribution in [2.24, 2.45) is 0 Å².